The molecule has 0 bridgehead atoms. The summed E-state index contributed by atoms with van der Waals surface area (Å²) in [6, 6.07) is 63.4. The maximum atomic E-state index is 2.51. The van der Waals surface area contributed by atoms with Crippen molar-refractivity contribution in [1.82, 2.24) is 0 Å². The molecule has 1 heterocycles. The molecule has 0 atom stereocenters. The highest BCUT2D eigenvalue weighted by molar-refractivity contribution is 7.26. The third-order valence-corrected chi connectivity index (χ3v) is 12.8. The lowest BCUT2D eigenvalue weighted by atomic mass is 9.82. The third-order valence-electron chi connectivity index (χ3n) is 11.6. The van der Waals surface area contributed by atoms with Crippen LogP contribution in [0.1, 0.15) is 25.0 Å². The fourth-order valence-corrected chi connectivity index (χ4v) is 10.5. The van der Waals surface area contributed by atoms with E-state index >= 15 is 0 Å². The third kappa shape index (κ3) is 4.15. The van der Waals surface area contributed by atoms with Gasteiger partial charge in [-0.15, -0.1) is 11.3 Å². The Morgan fingerprint density at radius 1 is 0.346 bits per heavy atom. The van der Waals surface area contributed by atoms with Crippen LogP contribution >= 0.6 is 11.3 Å². The van der Waals surface area contributed by atoms with E-state index in [4.69, 9.17) is 0 Å². The molecule has 11 rings (SSSR count). The fourth-order valence-electron chi connectivity index (χ4n) is 9.23. The summed E-state index contributed by atoms with van der Waals surface area (Å²) in [5, 5.41) is 10.4. The zero-order valence-electron chi connectivity index (χ0n) is 29.1. The topological polar surface area (TPSA) is 0 Å². The largest absolute Gasteiger partial charge is 0.135 e. The molecule has 0 fully saturated rings. The van der Waals surface area contributed by atoms with Gasteiger partial charge in [-0.2, -0.15) is 0 Å². The number of hydrogen-bond acceptors (Lipinski definition) is 1. The molecular weight excluding hydrogens is 645 g/mol. The molecule has 244 valence electrons. The molecular formula is C51H34S. The highest BCUT2D eigenvalue weighted by Crippen LogP contribution is 2.53. The summed E-state index contributed by atoms with van der Waals surface area (Å²) in [6.45, 7) is 4.76. The number of hydrogen-bond donors (Lipinski definition) is 0. The normalized spacial score (nSPS) is 13.3. The van der Waals surface area contributed by atoms with E-state index in [1.807, 2.05) is 11.3 Å². The molecule has 9 aromatic carbocycles. The van der Waals surface area contributed by atoms with Gasteiger partial charge in [0.1, 0.15) is 0 Å². The zero-order valence-corrected chi connectivity index (χ0v) is 29.9. The van der Waals surface area contributed by atoms with Crippen molar-refractivity contribution in [3.05, 3.63) is 181 Å². The summed E-state index contributed by atoms with van der Waals surface area (Å²) in [5.41, 5.74) is 13.2. The van der Waals surface area contributed by atoms with E-state index in [-0.39, 0.29) is 5.41 Å². The van der Waals surface area contributed by atoms with Gasteiger partial charge in [-0.3, -0.25) is 0 Å². The molecule has 52 heavy (non-hydrogen) atoms. The predicted molar refractivity (Wildman–Crippen MR) is 226 cm³/mol. The highest BCUT2D eigenvalue weighted by atomic mass is 32.1. The molecule has 1 heteroatoms. The van der Waals surface area contributed by atoms with Gasteiger partial charge in [0.2, 0.25) is 0 Å². The van der Waals surface area contributed by atoms with Crippen LogP contribution in [0.5, 0.6) is 0 Å². The van der Waals surface area contributed by atoms with E-state index in [2.05, 4.69) is 184 Å². The number of fused-ring (bicyclic) bond motifs is 10. The first-order valence-corrected chi connectivity index (χ1v) is 19.0. The van der Waals surface area contributed by atoms with Gasteiger partial charge in [0.25, 0.3) is 0 Å². The zero-order chi connectivity index (χ0) is 34.6. The second-order valence-electron chi connectivity index (χ2n) is 14.8. The lowest BCUT2D eigenvalue weighted by Gasteiger charge is -2.21. The SMILES string of the molecule is CC1(C)c2ccccc2-c2cc3sc4c5ccccc5c(-c5cccc(-c6c7ccccc7c(-c7ccccc7)c7ccccc67)c5)cc4c3cc21. The van der Waals surface area contributed by atoms with Crippen LogP contribution in [0.15, 0.2) is 170 Å². The van der Waals surface area contributed by atoms with Crippen LogP contribution in [0.4, 0.5) is 0 Å². The van der Waals surface area contributed by atoms with Crippen LogP contribution in [-0.2, 0) is 5.41 Å². The van der Waals surface area contributed by atoms with E-state index in [0.29, 0.717) is 0 Å². The predicted octanol–water partition coefficient (Wildman–Crippen LogP) is 14.8. The smallest absolute Gasteiger partial charge is 0.0434 e. The Hall–Kier alpha value is -6.02. The number of benzene rings is 9. The van der Waals surface area contributed by atoms with Crippen molar-refractivity contribution in [3.8, 4) is 44.5 Å². The Balaban J connectivity index is 1.16. The Kier molecular flexibility index (Phi) is 6.27. The number of rotatable bonds is 3. The van der Waals surface area contributed by atoms with Crippen molar-refractivity contribution in [2.45, 2.75) is 19.3 Å². The van der Waals surface area contributed by atoms with Gasteiger partial charge in [-0.1, -0.05) is 159 Å². The van der Waals surface area contributed by atoms with Crippen LogP contribution < -0.4 is 0 Å². The molecule has 0 spiro atoms. The molecule has 0 aliphatic heterocycles. The second kappa shape index (κ2) is 11.0. The van der Waals surface area contributed by atoms with Crippen LogP contribution in [0.2, 0.25) is 0 Å². The van der Waals surface area contributed by atoms with E-state index in [9.17, 15) is 0 Å². The summed E-state index contributed by atoms with van der Waals surface area (Å²) in [4.78, 5) is 0. The van der Waals surface area contributed by atoms with E-state index in [1.165, 1.54) is 108 Å². The maximum absolute atomic E-state index is 2.51. The van der Waals surface area contributed by atoms with Crippen molar-refractivity contribution in [3.63, 3.8) is 0 Å². The maximum Gasteiger partial charge on any atom is 0.0434 e. The summed E-state index contributed by atoms with van der Waals surface area (Å²) in [7, 11) is 0. The first kappa shape index (κ1) is 29.7. The minimum atomic E-state index is -0.0377. The summed E-state index contributed by atoms with van der Waals surface area (Å²) in [6.07, 6.45) is 0. The lowest BCUT2D eigenvalue weighted by molar-refractivity contribution is 0.661. The van der Waals surface area contributed by atoms with Crippen molar-refractivity contribution < 1.29 is 0 Å². The van der Waals surface area contributed by atoms with Gasteiger partial charge in [0, 0.05) is 31.0 Å². The lowest BCUT2D eigenvalue weighted by Crippen LogP contribution is -2.14. The summed E-state index contributed by atoms with van der Waals surface area (Å²) < 4.78 is 2.72. The minimum Gasteiger partial charge on any atom is -0.135 e. The minimum absolute atomic E-state index is 0.0377. The van der Waals surface area contributed by atoms with Gasteiger partial charge in [0.05, 0.1) is 0 Å². The van der Waals surface area contributed by atoms with Crippen LogP contribution in [0.25, 0.3) is 97.0 Å². The molecule has 0 saturated carbocycles. The molecule has 1 aliphatic rings. The highest BCUT2D eigenvalue weighted by Gasteiger charge is 2.35. The molecule has 0 N–H and O–H groups in total. The van der Waals surface area contributed by atoms with Crippen molar-refractivity contribution in [2.24, 2.45) is 0 Å². The van der Waals surface area contributed by atoms with Crippen molar-refractivity contribution in [2.75, 3.05) is 0 Å². The molecule has 0 saturated heterocycles. The van der Waals surface area contributed by atoms with Gasteiger partial charge in [-0.25, -0.2) is 0 Å². The van der Waals surface area contributed by atoms with Crippen LogP contribution in [0.3, 0.4) is 0 Å². The van der Waals surface area contributed by atoms with Crippen molar-refractivity contribution in [1.29, 1.82) is 0 Å². The average molecular weight is 679 g/mol. The van der Waals surface area contributed by atoms with E-state index in [1.54, 1.807) is 0 Å². The van der Waals surface area contributed by atoms with Crippen LogP contribution in [0, 0.1) is 0 Å². The van der Waals surface area contributed by atoms with Gasteiger partial charge in [-0.05, 0) is 107 Å². The Morgan fingerprint density at radius 3 is 1.62 bits per heavy atom. The summed E-state index contributed by atoms with van der Waals surface area (Å²) >= 11 is 1.94. The first-order valence-electron chi connectivity index (χ1n) is 18.2. The Bertz CT molecular complexity index is 3030. The van der Waals surface area contributed by atoms with Gasteiger partial charge in [0.15, 0.2) is 0 Å². The fraction of sp³-hybridized carbons (Fsp3) is 0.0588. The van der Waals surface area contributed by atoms with Gasteiger partial charge < -0.3 is 0 Å². The van der Waals surface area contributed by atoms with E-state index < -0.39 is 0 Å². The molecule has 10 aromatic rings. The van der Waals surface area contributed by atoms with E-state index in [0.717, 1.165) is 0 Å². The van der Waals surface area contributed by atoms with Crippen LogP contribution in [-0.4, -0.2) is 0 Å². The standard InChI is InChI=1S/C51H34S/c1-51(2)45-26-13-12-20-35(45)42-30-47-43(29-46(42)51)44-28-41(34-19-6-11-25-40(34)50(44)52-47)32-17-14-18-33(27-32)49-38-23-9-7-21-36(38)48(31-15-4-3-5-16-31)37-22-8-10-24-39(37)49/h3-30H,1-2H3. The average Bonchev–Trinajstić information content (AvgIpc) is 3.67. The molecule has 0 radical (unpaired) electrons. The summed E-state index contributed by atoms with van der Waals surface area (Å²) in [5.74, 6) is 0. The number of thiophene rings is 1. The van der Waals surface area contributed by atoms with Gasteiger partial charge >= 0.3 is 0 Å². The molecule has 0 amide bonds. The monoisotopic (exact) mass is 678 g/mol. The quantitative estimate of drug-likeness (QED) is 0.163. The second-order valence-corrected chi connectivity index (χ2v) is 15.9. The molecule has 0 unspecified atom stereocenters. The molecule has 0 nitrogen and oxygen atoms in total. The first-order chi connectivity index (χ1) is 25.6. The molecule has 1 aliphatic carbocycles. The molecule has 1 aromatic heterocycles. The van der Waals surface area contributed by atoms with Crippen molar-refractivity contribution >= 4 is 63.8 Å². The Morgan fingerprint density at radius 2 is 0.904 bits per heavy atom. The Labute approximate surface area is 307 Å².